The number of hydrogen-bond acceptors (Lipinski definition) is 5. The van der Waals surface area contributed by atoms with Crippen molar-refractivity contribution in [3.8, 4) is 22.8 Å². The number of rotatable bonds is 4. The Kier molecular flexibility index (Phi) is 3.90. The summed E-state index contributed by atoms with van der Waals surface area (Å²) < 4.78 is 0. The van der Waals surface area contributed by atoms with Gasteiger partial charge < -0.3 is 0 Å². The summed E-state index contributed by atoms with van der Waals surface area (Å²) in [5.41, 5.74) is 6.98. The molecule has 3 aromatic heterocycles. The van der Waals surface area contributed by atoms with Crippen molar-refractivity contribution < 1.29 is 10.4 Å². The highest BCUT2D eigenvalue weighted by atomic mass is 16.5. The van der Waals surface area contributed by atoms with Crippen LogP contribution in [0.15, 0.2) is 54.9 Å². The first-order valence-electron chi connectivity index (χ1n) is 6.46. The van der Waals surface area contributed by atoms with Crippen LogP contribution < -0.4 is 11.0 Å². The molecule has 0 aliphatic heterocycles. The second-order valence-electron chi connectivity index (χ2n) is 4.48. The van der Waals surface area contributed by atoms with Crippen LogP contribution in [0.4, 0.5) is 11.4 Å². The molecule has 3 rings (SSSR count). The molecule has 3 aromatic rings. The Morgan fingerprint density at radius 2 is 1.14 bits per heavy atom. The van der Waals surface area contributed by atoms with Gasteiger partial charge in [0.2, 0.25) is 0 Å². The van der Waals surface area contributed by atoms with Crippen LogP contribution in [0.1, 0.15) is 0 Å². The molecular formula is C15H11N5O2. The third-order valence-electron chi connectivity index (χ3n) is 3.04. The molecular weight excluding hydrogens is 282 g/mol. The van der Waals surface area contributed by atoms with Crippen LogP contribution in [0.25, 0.3) is 22.8 Å². The first-order valence-corrected chi connectivity index (χ1v) is 6.46. The Morgan fingerprint density at radius 1 is 0.636 bits per heavy atom. The van der Waals surface area contributed by atoms with Gasteiger partial charge in [0, 0.05) is 0 Å². The van der Waals surface area contributed by atoms with Gasteiger partial charge in [0.05, 0.1) is 46.5 Å². The highest BCUT2D eigenvalue weighted by Crippen LogP contribution is 2.21. The molecule has 7 nitrogen and oxygen atoms in total. The maximum Gasteiger partial charge on any atom is 0.0894 e. The largest absolute Gasteiger partial charge is 0.252 e. The fourth-order valence-electron chi connectivity index (χ4n) is 1.93. The topological polar surface area (TPSA) is 103 Å². The van der Waals surface area contributed by atoms with E-state index >= 15 is 0 Å². The number of pyridine rings is 3. The minimum absolute atomic E-state index is 0.391. The van der Waals surface area contributed by atoms with Crippen molar-refractivity contribution in [1.29, 1.82) is 0 Å². The Hall–Kier alpha value is -3.03. The predicted molar refractivity (Wildman–Crippen MR) is 79.3 cm³/mol. The fourth-order valence-corrected chi connectivity index (χ4v) is 1.93. The van der Waals surface area contributed by atoms with E-state index in [4.69, 9.17) is 0 Å². The summed E-state index contributed by atoms with van der Waals surface area (Å²) in [4.78, 5) is 12.9. The lowest BCUT2D eigenvalue weighted by atomic mass is 10.2. The highest BCUT2D eigenvalue weighted by molar-refractivity contribution is 5.63. The monoisotopic (exact) mass is 293 g/mol. The fraction of sp³-hybridized carbons (Fsp3) is 0. The lowest BCUT2D eigenvalue weighted by Gasteiger charge is -2.05. The van der Waals surface area contributed by atoms with E-state index in [0.29, 0.717) is 34.2 Å². The molecule has 0 unspecified atom stereocenters. The Bertz CT molecular complexity index is 697. The van der Waals surface area contributed by atoms with E-state index in [0.717, 1.165) is 0 Å². The van der Waals surface area contributed by atoms with Gasteiger partial charge >= 0.3 is 0 Å². The van der Waals surface area contributed by atoms with Gasteiger partial charge in [0.15, 0.2) is 0 Å². The van der Waals surface area contributed by atoms with Crippen LogP contribution in [-0.2, 0) is 10.4 Å². The highest BCUT2D eigenvalue weighted by Gasteiger charge is 2.06. The molecule has 0 aliphatic rings. The molecule has 2 radical (unpaired) electrons. The summed E-state index contributed by atoms with van der Waals surface area (Å²) in [7, 11) is 0. The molecule has 0 bridgehead atoms. The molecule has 3 heterocycles. The van der Waals surface area contributed by atoms with Gasteiger partial charge in [-0.05, 0) is 36.4 Å². The zero-order chi connectivity index (χ0) is 15.4. The van der Waals surface area contributed by atoms with E-state index in [9.17, 15) is 10.4 Å². The standard InChI is InChI=1S/C15H11N5O2/c21-19-10-4-6-12(16-8-10)14-2-1-3-15(18-14)13-7-5-11(20-22)9-17-13/h1-9,19-20H. The van der Waals surface area contributed by atoms with E-state index in [2.05, 4.69) is 15.0 Å². The van der Waals surface area contributed by atoms with Crippen molar-refractivity contribution in [2.75, 3.05) is 11.0 Å². The lowest BCUT2D eigenvalue weighted by molar-refractivity contribution is 0.274. The summed E-state index contributed by atoms with van der Waals surface area (Å²) in [5.74, 6) is 0. The summed E-state index contributed by atoms with van der Waals surface area (Å²) in [6, 6.07) is 12.2. The van der Waals surface area contributed by atoms with Crippen molar-refractivity contribution in [1.82, 2.24) is 15.0 Å². The Morgan fingerprint density at radius 3 is 1.50 bits per heavy atom. The number of aromatic nitrogens is 3. The van der Waals surface area contributed by atoms with Crippen LogP contribution in [0.3, 0.4) is 0 Å². The zero-order valence-electron chi connectivity index (χ0n) is 11.4. The Labute approximate surface area is 126 Å². The zero-order valence-corrected chi connectivity index (χ0v) is 11.4. The molecule has 0 fully saturated rings. The smallest absolute Gasteiger partial charge is 0.0894 e. The van der Waals surface area contributed by atoms with Crippen LogP contribution >= 0.6 is 0 Å². The molecule has 108 valence electrons. The van der Waals surface area contributed by atoms with E-state index in [1.54, 1.807) is 35.2 Å². The van der Waals surface area contributed by atoms with Crippen molar-refractivity contribution in [3.63, 3.8) is 0 Å². The van der Waals surface area contributed by atoms with Gasteiger partial charge in [0.1, 0.15) is 0 Å². The summed E-state index contributed by atoms with van der Waals surface area (Å²) in [6.07, 6.45) is 2.90. The molecule has 0 saturated heterocycles. The molecule has 22 heavy (non-hydrogen) atoms. The van der Waals surface area contributed by atoms with Gasteiger partial charge in [0.25, 0.3) is 0 Å². The van der Waals surface area contributed by atoms with E-state index in [1.165, 1.54) is 12.4 Å². The molecule has 0 amide bonds. The third-order valence-corrected chi connectivity index (χ3v) is 3.04. The molecule has 0 spiro atoms. The predicted octanol–water partition coefficient (Wildman–Crippen LogP) is 2.72. The van der Waals surface area contributed by atoms with E-state index in [-0.39, 0.29) is 0 Å². The first kappa shape index (κ1) is 13.9. The van der Waals surface area contributed by atoms with Crippen molar-refractivity contribution in [2.45, 2.75) is 0 Å². The minimum atomic E-state index is 0.391. The van der Waals surface area contributed by atoms with Crippen molar-refractivity contribution in [3.05, 3.63) is 54.9 Å². The normalized spacial score (nSPS) is 10.3. The van der Waals surface area contributed by atoms with Gasteiger partial charge in [-0.1, -0.05) is 16.5 Å². The molecule has 0 atom stereocenters. The van der Waals surface area contributed by atoms with Crippen LogP contribution in [-0.4, -0.2) is 15.0 Å². The average molecular weight is 293 g/mol. The summed E-state index contributed by atoms with van der Waals surface area (Å²) in [6.45, 7) is 0. The number of nitrogens with one attached hydrogen (secondary N) is 2. The molecule has 0 aromatic carbocycles. The minimum Gasteiger partial charge on any atom is -0.252 e. The quantitative estimate of drug-likeness (QED) is 0.720. The third kappa shape index (κ3) is 2.85. The van der Waals surface area contributed by atoms with Crippen LogP contribution in [0.5, 0.6) is 0 Å². The van der Waals surface area contributed by atoms with E-state index < -0.39 is 0 Å². The maximum atomic E-state index is 10.5. The summed E-state index contributed by atoms with van der Waals surface area (Å²) >= 11 is 0. The van der Waals surface area contributed by atoms with Crippen molar-refractivity contribution >= 4 is 11.4 Å². The molecule has 7 heteroatoms. The molecule has 0 saturated carbocycles. The maximum absolute atomic E-state index is 10.5. The number of nitrogens with zero attached hydrogens (tertiary/aromatic N) is 3. The average Bonchev–Trinajstić information content (AvgIpc) is 2.62. The SMILES string of the molecule is [O]Nc1ccc(-c2cccc(-c3ccc(N[O])cn3)n2)nc1. The van der Waals surface area contributed by atoms with Crippen LogP contribution in [0, 0.1) is 0 Å². The number of hydrogen-bond donors (Lipinski definition) is 2. The van der Waals surface area contributed by atoms with E-state index in [1.807, 2.05) is 18.2 Å². The number of anilines is 2. The Balaban J connectivity index is 1.93. The van der Waals surface area contributed by atoms with Gasteiger partial charge in [-0.3, -0.25) is 9.97 Å². The van der Waals surface area contributed by atoms with Gasteiger partial charge in [-0.15, -0.1) is 0 Å². The second-order valence-corrected chi connectivity index (χ2v) is 4.48. The van der Waals surface area contributed by atoms with Gasteiger partial charge in [-0.25, -0.2) is 15.9 Å². The molecule has 2 N–H and O–H groups in total. The second kappa shape index (κ2) is 6.17. The lowest BCUT2D eigenvalue weighted by Crippen LogP contribution is -1.94. The van der Waals surface area contributed by atoms with Crippen molar-refractivity contribution in [2.24, 2.45) is 0 Å². The van der Waals surface area contributed by atoms with Crippen LogP contribution in [0.2, 0.25) is 0 Å². The first-order chi connectivity index (χ1) is 10.8. The van der Waals surface area contributed by atoms with Gasteiger partial charge in [-0.2, -0.15) is 0 Å². The molecule has 0 aliphatic carbocycles. The summed E-state index contributed by atoms with van der Waals surface area (Å²) in [5, 5.41) is 21.1.